The van der Waals surface area contributed by atoms with Gasteiger partial charge in [0.2, 0.25) is 5.39 Å². The van der Waals surface area contributed by atoms with Crippen LogP contribution in [0.4, 0.5) is 5.69 Å². The van der Waals surface area contributed by atoms with E-state index in [-0.39, 0.29) is 5.56 Å². The first-order chi connectivity index (χ1) is 6.06. The fourth-order valence-electron chi connectivity index (χ4n) is 1.24. The molecule has 66 valence electrons. The smallest absolute Gasteiger partial charge is 0.390 e. The second-order valence-corrected chi connectivity index (χ2v) is 2.86. The van der Waals surface area contributed by atoms with Crippen molar-refractivity contribution in [2.45, 2.75) is 13.8 Å². The molecule has 0 aliphatic heterocycles. The number of aromatic carboxylic acids is 1. The first-order valence-electron chi connectivity index (χ1n) is 3.76. The molecule has 0 bridgehead atoms. The molecule has 1 N–H and O–H groups in total. The van der Waals surface area contributed by atoms with Gasteiger partial charge in [-0.25, -0.2) is 4.79 Å². The van der Waals surface area contributed by atoms with Crippen LogP contribution in [0.2, 0.25) is 0 Å². The van der Waals surface area contributed by atoms with Crippen molar-refractivity contribution in [3.8, 4) is 0 Å². The highest BCUT2D eigenvalue weighted by molar-refractivity contribution is 5.89. The lowest BCUT2D eigenvalue weighted by Gasteiger charge is -1.96. The van der Waals surface area contributed by atoms with E-state index in [4.69, 9.17) is 10.5 Å². The Balaban J connectivity index is 3.39. The number of diazo groups is 1. The number of aryl methyl sites for hydroxylation is 2. The van der Waals surface area contributed by atoms with Crippen molar-refractivity contribution in [1.29, 1.82) is 5.39 Å². The van der Waals surface area contributed by atoms with Gasteiger partial charge in [0.1, 0.15) is 0 Å². The van der Waals surface area contributed by atoms with Gasteiger partial charge in [-0.1, -0.05) is 0 Å². The van der Waals surface area contributed by atoms with Crippen molar-refractivity contribution < 1.29 is 9.90 Å². The summed E-state index contributed by atoms with van der Waals surface area (Å²) in [6.45, 7) is 3.41. The first-order valence-corrected chi connectivity index (χ1v) is 3.76. The van der Waals surface area contributed by atoms with Crippen molar-refractivity contribution in [2.24, 2.45) is 0 Å². The van der Waals surface area contributed by atoms with Gasteiger partial charge in [0.15, 0.2) is 4.98 Å². The molecule has 0 atom stereocenters. The summed E-state index contributed by atoms with van der Waals surface area (Å²) in [7, 11) is 0. The van der Waals surface area contributed by atoms with Crippen LogP contribution in [0.25, 0.3) is 4.98 Å². The molecule has 4 nitrogen and oxygen atoms in total. The molecule has 1 aromatic carbocycles. The molecular weight excluding hydrogens is 168 g/mol. The summed E-state index contributed by atoms with van der Waals surface area (Å²) in [5.41, 5.74) is 1.95. The van der Waals surface area contributed by atoms with Crippen LogP contribution in [0.5, 0.6) is 0 Å². The molecule has 0 heterocycles. The van der Waals surface area contributed by atoms with Gasteiger partial charge in [0, 0.05) is 11.1 Å². The predicted molar refractivity (Wildman–Crippen MR) is 47.6 cm³/mol. The number of carboxylic acids is 1. The molecule has 0 saturated carbocycles. The average Bonchev–Trinajstić information content (AvgIpc) is 2.03. The SMILES string of the molecule is Cc1cc(C(=O)O)cc(C)c1[N+]#N. The molecule has 0 fully saturated rings. The van der Waals surface area contributed by atoms with Crippen molar-refractivity contribution in [3.05, 3.63) is 33.8 Å². The summed E-state index contributed by atoms with van der Waals surface area (Å²) in [6, 6.07) is 2.95. The quantitative estimate of drug-likeness (QED) is 0.670. The maximum atomic E-state index is 10.6. The van der Waals surface area contributed by atoms with Crippen LogP contribution in [-0.2, 0) is 0 Å². The number of carboxylic acid groups (broad SMARTS) is 1. The molecule has 0 aromatic heterocycles. The van der Waals surface area contributed by atoms with Gasteiger partial charge in [-0.05, 0) is 26.0 Å². The van der Waals surface area contributed by atoms with Crippen molar-refractivity contribution in [1.82, 2.24) is 0 Å². The number of carbonyl (C=O) groups is 1. The van der Waals surface area contributed by atoms with Gasteiger partial charge in [-0.15, -0.1) is 0 Å². The van der Waals surface area contributed by atoms with E-state index in [2.05, 4.69) is 4.98 Å². The zero-order valence-electron chi connectivity index (χ0n) is 7.40. The van der Waals surface area contributed by atoms with E-state index in [1.54, 1.807) is 13.8 Å². The minimum absolute atomic E-state index is 0.211. The molecular formula is C9H9N2O2+. The Morgan fingerprint density at radius 2 is 1.85 bits per heavy atom. The zero-order chi connectivity index (χ0) is 10.0. The van der Waals surface area contributed by atoms with Crippen LogP contribution < -0.4 is 0 Å². The van der Waals surface area contributed by atoms with E-state index in [0.717, 1.165) is 0 Å². The summed E-state index contributed by atoms with van der Waals surface area (Å²) in [5.74, 6) is -0.976. The number of rotatable bonds is 1. The molecule has 0 amide bonds. The molecule has 0 saturated heterocycles. The molecule has 0 radical (unpaired) electrons. The Morgan fingerprint density at radius 1 is 1.38 bits per heavy atom. The summed E-state index contributed by atoms with van der Waals surface area (Å²) in [6.07, 6.45) is 0. The average molecular weight is 177 g/mol. The minimum Gasteiger partial charge on any atom is -0.478 e. The Hall–Kier alpha value is -1.89. The van der Waals surface area contributed by atoms with Crippen LogP contribution in [0.3, 0.4) is 0 Å². The van der Waals surface area contributed by atoms with Gasteiger partial charge in [0.05, 0.1) is 5.56 Å². The molecule has 0 aliphatic rings. The van der Waals surface area contributed by atoms with Crippen LogP contribution in [-0.4, -0.2) is 11.1 Å². The fraction of sp³-hybridized carbons (Fsp3) is 0.222. The fourth-order valence-corrected chi connectivity index (χ4v) is 1.24. The normalized spacial score (nSPS) is 9.31. The zero-order valence-corrected chi connectivity index (χ0v) is 7.40. The molecule has 1 aromatic rings. The number of benzene rings is 1. The third-order valence-electron chi connectivity index (χ3n) is 1.84. The van der Waals surface area contributed by atoms with Crippen LogP contribution in [0.15, 0.2) is 12.1 Å². The maximum absolute atomic E-state index is 10.6. The van der Waals surface area contributed by atoms with E-state index in [9.17, 15) is 4.79 Å². The first kappa shape index (κ1) is 9.20. The van der Waals surface area contributed by atoms with E-state index in [1.165, 1.54) is 12.1 Å². The predicted octanol–water partition coefficient (Wildman–Crippen LogP) is 2.49. The largest absolute Gasteiger partial charge is 0.478 e. The third-order valence-corrected chi connectivity index (χ3v) is 1.84. The second kappa shape index (κ2) is 3.23. The monoisotopic (exact) mass is 177 g/mol. The third kappa shape index (κ3) is 1.64. The standard InChI is InChI=1S/C9H8N2O2/c1-5-3-7(9(12)13)4-6(2)8(5)11-10/h3-4H,1-2H3/p+1. The van der Waals surface area contributed by atoms with E-state index in [1.807, 2.05) is 0 Å². The molecule has 13 heavy (non-hydrogen) atoms. The lowest BCUT2D eigenvalue weighted by Crippen LogP contribution is -1.97. The molecule has 0 aliphatic carbocycles. The number of nitrogens with zero attached hydrogens (tertiary/aromatic N) is 2. The molecule has 4 heteroatoms. The Labute approximate surface area is 75.4 Å². The minimum atomic E-state index is -0.976. The molecule has 1 rings (SSSR count). The Morgan fingerprint density at radius 3 is 2.15 bits per heavy atom. The summed E-state index contributed by atoms with van der Waals surface area (Å²) in [5, 5.41) is 17.3. The summed E-state index contributed by atoms with van der Waals surface area (Å²) in [4.78, 5) is 13.7. The van der Waals surface area contributed by atoms with Gasteiger partial charge in [-0.3, -0.25) is 0 Å². The summed E-state index contributed by atoms with van der Waals surface area (Å²) >= 11 is 0. The second-order valence-electron chi connectivity index (χ2n) is 2.86. The summed E-state index contributed by atoms with van der Waals surface area (Å²) < 4.78 is 0. The topological polar surface area (TPSA) is 65.4 Å². The van der Waals surface area contributed by atoms with Gasteiger partial charge < -0.3 is 5.11 Å². The van der Waals surface area contributed by atoms with Crippen molar-refractivity contribution in [3.63, 3.8) is 0 Å². The van der Waals surface area contributed by atoms with Crippen molar-refractivity contribution in [2.75, 3.05) is 0 Å². The maximum Gasteiger partial charge on any atom is 0.390 e. The van der Waals surface area contributed by atoms with Crippen LogP contribution in [0, 0.1) is 19.2 Å². The van der Waals surface area contributed by atoms with E-state index >= 15 is 0 Å². The van der Waals surface area contributed by atoms with Crippen molar-refractivity contribution >= 4 is 11.7 Å². The molecule has 0 unspecified atom stereocenters. The Bertz CT molecular complexity index is 382. The van der Waals surface area contributed by atoms with Crippen LogP contribution >= 0.6 is 0 Å². The Kier molecular flexibility index (Phi) is 2.29. The number of hydrogen-bond donors (Lipinski definition) is 1. The lowest BCUT2D eigenvalue weighted by molar-refractivity contribution is 0.0696. The van der Waals surface area contributed by atoms with Gasteiger partial charge in [0.25, 0.3) is 0 Å². The molecule has 0 spiro atoms. The van der Waals surface area contributed by atoms with Gasteiger partial charge >= 0.3 is 11.7 Å². The van der Waals surface area contributed by atoms with Crippen LogP contribution in [0.1, 0.15) is 21.5 Å². The lowest BCUT2D eigenvalue weighted by atomic mass is 10.1. The van der Waals surface area contributed by atoms with E-state index < -0.39 is 5.97 Å². The number of hydrogen-bond acceptors (Lipinski definition) is 2. The van der Waals surface area contributed by atoms with Gasteiger partial charge in [-0.2, -0.15) is 0 Å². The van der Waals surface area contributed by atoms with E-state index in [0.29, 0.717) is 16.8 Å². The highest BCUT2D eigenvalue weighted by atomic mass is 16.4. The highest BCUT2D eigenvalue weighted by Crippen LogP contribution is 2.24. The highest BCUT2D eigenvalue weighted by Gasteiger charge is 2.17.